The van der Waals surface area contributed by atoms with E-state index in [1.807, 2.05) is 0 Å². The van der Waals surface area contributed by atoms with E-state index in [4.69, 9.17) is 9.52 Å². The number of hydrogen-bond acceptors (Lipinski definition) is 3. The highest BCUT2D eigenvalue weighted by atomic mass is 16.4. The van der Waals surface area contributed by atoms with Gasteiger partial charge < -0.3 is 19.7 Å². The van der Waals surface area contributed by atoms with Crippen molar-refractivity contribution in [3.8, 4) is 0 Å². The van der Waals surface area contributed by atoms with E-state index in [1.165, 1.54) is 6.07 Å². The molecule has 2 heterocycles. The number of piperidine rings is 1. The van der Waals surface area contributed by atoms with Crippen molar-refractivity contribution in [1.82, 2.24) is 10.2 Å². The Balaban J connectivity index is 1.81. The van der Waals surface area contributed by atoms with Crippen molar-refractivity contribution in [2.24, 2.45) is 5.41 Å². The van der Waals surface area contributed by atoms with Crippen LogP contribution in [0.4, 0.5) is 4.79 Å². The van der Waals surface area contributed by atoms with Gasteiger partial charge in [-0.05, 0) is 30.4 Å². The maximum Gasteiger partial charge on any atom is 0.371 e. The number of carboxylic acid groups (broad SMARTS) is 1. The molecule has 0 atom stereocenters. The van der Waals surface area contributed by atoms with Crippen LogP contribution in [0.2, 0.25) is 0 Å². The number of nitrogens with one attached hydrogen (secondary N) is 1. The highest BCUT2D eigenvalue weighted by Crippen LogP contribution is 2.33. The molecule has 6 heteroatoms. The molecular weight excluding hydrogens is 272 g/mol. The van der Waals surface area contributed by atoms with Crippen molar-refractivity contribution in [1.29, 1.82) is 0 Å². The summed E-state index contributed by atoms with van der Waals surface area (Å²) in [5.41, 5.74) is 0.341. The second kappa shape index (κ2) is 6.20. The summed E-state index contributed by atoms with van der Waals surface area (Å²) >= 11 is 0. The minimum Gasteiger partial charge on any atom is -0.475 e. The van der Waals surface area contributed by atoms with E-state index in [0.717, 1.165) is 32.4 Å². The number of carbonyl (C=O) groups excluding carboxylic acids is 1. The van der Waals surface area contributed by atoms with Gasteiger partial charge in [-0.3, -0.25) is 0 Å². The van der Waals surface area contributed by atoms with Crippen LogP contribution in [0, 0.1) is 5.41 Å². The molecule has 1 aliphatic heterocycles. The summed E-state index contributed by atoms with van der Waals surface area (Å²) in [6.45, 7) is 6.17. The van der Waals surface area contributed by atoms with Crippen LogP contribution in [-0.4, -0.2) is 35.1 Å². The lowest BCUT2D eigenvalue weighted by atomic mass is 9.78. The van der Waals surface area contributed by atoms with E-state index in [1.54, 1.807) is 11.0 Å². The monoisotopic (exact) mass is 294 g/mol. The Kier molecular flexibility index (Phi) is 4.55. The van der Waals surface area contributed by atoms with Crippen LogP contribution in [0.3, 0.4) is 0 Å². The molecule has 0 aliphatic carbocycles. The number of aromatic carboxylic acids is 1. The lowest BCUT2D eigenvalue weighted by Crippen LogP contribution is -2.46. The van der Waals surface area contributed by atoms with E-state index in [0.29, 0.717) is 11.2 Å². The lowest BCUT2D eigenvalue weighted by Gasteiger charge is -2.38. The molecule has 1 aromatic heterocycles. The lowest BCUT2D eigenvalue weighted by molar-refractivity contribution is 0.0660. The van der Waals surface area contributed by atoms with Gasteiger partial charge in [-0.15, -0.1) is 0 Å². The second-order valence-corrected chi connectivity index (χ2v) is 5.88. The Labute approximate surface area is 124 Å². The van der Waals surface area contributed by atoms with E-state index in [9.17, 15) is 9.59 Å². The van der Waals surface area contributed by atoms with Gasteiger partial charge >= 0.3 is 12.0 Å². The summed E-state index contributed by atoms with van der Waals surface area (Å²) in [5, 5.41) is 11.5. The summed E-state index contributed by atoms with van der Waals surface area (Å²) in [4.78, 5) is 24.6. The zero-order valence-corrected chi connectivity index (χ0v) is 12.5. The summed E-state index contributed by atoms with van der Waals surface area (Å²) in [6, 6.07) is 2.83. The number of urea groups is 1. The van der Waals surface area contributed by atoms with Gasteiger partial charge in [0.1, 0.15) is 5.76 Å². The first kappa shape index (κ1) is 15.4. The standard InChI is InChI=1S/C15H22N2O4/c1-3-15(2)6-8-17(9-7-15)14(20)16-10-11-4-5-12(21-11)13(18)19/h4-5H,3,6-10H2,1-2H3,(H,16,20)(H,18,19). The maximum atomic E-state index is 12.1. The molecule has 6 nitrogen and oxygen atoms in total. The quantitative estimate of drug-likeness (QED) is 0.894. The SMILES string of the molecule is CCC1(C)CCN(C(=O)NCc2ccc(C(=O)O)o2)CC1. The number of furan rings is 1. The highest BCUT2D eigenvalue weighted by Gasteiger charge is 2.30. The number of likely N-dealkylation sites (tertiary alicyclic amines) is 1. The van der Waals surface area contributed by atoms with Gasteiger partial charge in [0.2, 0.25) is 5.76 Å². The first-order valence-corrected chi connectivity index (χ1v) is 7.28. The molecule has 1 fully saturated rings. The van der Waals surface area contributed by atoms with Gasteiger partial charge in [0.15, 0.2) is 0 Å². The van der Waals surface area contributed by atoms with Crippen molar-refractivity contribution in [3.63, 3.8) is 0 Å². The minimum atomic E-state index is -1.11. The molecule has 0 radical (unpaired) electrons. The van der Waals surface area contributed by atoms with Crippen LogP contribution in [-0.2, 0) is 6.54 Å². The van der Waals surface area contributed by atoms with Gasteiger partial charge in [0.25, 0.3) is 0 Å². The Morgan fingerprint density at radius 3 is 2.57 bits per heavy atom. The summed E-state index contributed by atoms with van der Waals surface area (Å²) in [5.74, 6) is -0.783. The molecule has 0 aromatic carbocycles. The van der Waals surface area contributed by atoms with Crippen molar-refractivity contribution >= 4 is 12.0 Å². The van der Waals surface area contributed by atoms with Crippen LogP contribution < -0.4 is 5.32 Å². The molecule has 1 saturated heterocycles. The van der Waals surface area contributed by atoms with Crippen LogP contribution in [0.25, 0.3) is 0 Å². The van der Waals surface area contributed by atoms with E-state index >= 15 is 0 Å². The van der Waals surface area contributed by atoms with Crippen LogP contribution in [0.1, 0.15) is 49.4 Å². The van der Waals surface area contributed by atoms with Crippen LogP contribution >= 0.6 is 0 Å². The Morgan fingerprint density at radius 1 is 1.38 bits per heavy atom. The first-order valence-electron chi connectivity index (χ1n) is 7.28. The predicted molar refractivity (Wildman–Crippen MR) is 77.1 cm³/mol. The number of hydrogen-bond donors (Lipinski definition) is 2. The Hall–Kier alpha value is -1.98. The molecule has 0 saturated carbocycles. The van der Waals surface area contributed by atoms with Gasteiger partial charge in [-0.1, -0.05) is 20.3 Å². The molecule has 116 valence electrons. The fourth-order valence-electron chi connectivity index (χ4n) is 2.47. The molecule has 1 aromatic rings. The normalized spacial score (nSPS) is 17.5. The summed E-state index contributed by atoms with van der Waals surface area (Å²) < 4.78 is 5.10. The molecule has 2 amide bonds. The fraction of sp³-hybridized carbons (Fsp3) is 0.600. The van der Waals surface area contributed by atoms with Gasteiger partial charge in [-0.25, -0.2) is 9.59 Å². The molecule has 2 rings (SSSR count). The second-order valence-electron chi connectivity index (χ2n) is 5.88. The Morgan fingerprint density at radius 2 is 2.05 bits per heavy atom. The van der Waals surface area contributed by atoms with Crippen LogP contribution in [0.15, 0.2) is 16.5 Å². The average molecular weight is 294 g/mol. The van der Waals surface area contributed by atoms with Crippen molar-refractivity contribution in [3.05, 3.63) is 23.7 Å². The predicted octanol–water partition coefficient (Wildman–Crippen LogP) is 2.70. The topological polar surface area (TPSA) is 82.8 Å². The van der Waals surface area contributed by atoms with E-state index in [2.05, 4.69) is 19.2 Å². The Bertz CT molecular complexity index is 515. The molecule has 0 unspecified atom stereocenters. The van der Waals surface area contributed by atoms with Gasteiger partial charge in [0.05, 0.1) is 6.54 Å². The summed E-state index contributed by atoms with van der Waals surface area (Å²) in [6.07, 6.45) is 3.16. The third-order valence-electron chi connectivity index (χ3n) is 4.40. The van der Waals surface area contributed by atoms with E-state index < -0.39 is 5.97 Å². The van der Waals surface area contributed by atoms with Crippen LogP contribution in [0.5, 0.6) is 0 Å². The fourth-order valence-corrected chi connectivity index (χ4v) is 2.47. The third kappa shape index (κ3) is 3.77. The van der Waals surface area contributed by atoms with Crippen molar-refractivity contribution in [2.45, 2.75) is 39.7 Å². The highest BCUT2D eigenvalue weighted by molar-refractivity contribution is 5.84. The van der Waals surface area contributed by atoms with Crippen molar-refractivity contribution in [2.75, 3.05) is 13.1 Å². The number of amides is 2. The van der Waals surface area contributed by atoms with Crippen molar-refractivity contribution < 1.29 is 19.1 Å². The molecule has 1 aliphatic rings. The third-order valence-corrected chi connectivity index (χ3v) is 4.40. The molecule has 0 bridgehead atoms. The molecule has 0 spiro atoms. The zero-order chi connectivity index (χ0) is 15.5. The molecular formula is C15H22N2O4. The number of rotatable bonds is 4. The molecule has 2 N–H and O–H groups in total. The molecule has 21 heavy (non-hydrogen) atoms. The van der Waals surface area contributed by atoms with E-state index in [-0.39, 0.29) is 18.3 Å². The minimum absolute atomic E-state index is 0.115. The van der Waals surface area contributed by atoms with Gasteiger partial charge in [-0.2, -0.15) is 0 Å². The summed E-state index contributed by atoms with van der Waals surface area (Å²) in [7, 11) is 0. The largest absolute Gasteiger partial charge is 0.475 e. The number of carbonyl (C=O) groups is 2. The first-order chi connectivity index (χ1) is 9.93. The zero-order valence-electron chi connectivity index (χ0n) is 12.5. The maximum absolute atomic E-state index is 12.1. The number of nitrogens with zero attached hydrogens (tertiary/aromatic N) is 1. The average Bonchev–Trinajstić information content (AvgIpc) is 2.95. The number of carboxylic acids is 1. The van der Waals surface area contributed by atoms with Gasteiger partial charge in [0, 0.05) is 13.1 Å². The smallest absolute Gasteiger partial charge is 0.371 e.